The maximum Gasteiger partial charge on any atom is 0.224 e. The number of amides is 1. The molecule has 1 amide bonds. The number of carbonyl (C=O) groups is 1. The molecule has 0 aliphatic heterocycles. The van der Waals surface area contributed by atoms with E-state index in [1.807, 2.05) is 6.92 Å². The third kappa shape index (κ3) is 4.32. The van der Waals surface area contributed by atoms with Crippen LogP contribution < -0.4 is 15.8 Å². The number of nitrogens with one attached hydrogen (secondary N) is 1. The summed E-state index contributed by atoms with van der Waals surface area (Å²) >= 11 is 0. The lowest BCUT2D eigenvalue weighted by Gasteiger charge is -2.29. The molecule has 1 aliphatic carbocycles. The van der Waals surface area contributed by atoms with Gasteiger partial charge in [-0.3, -0.25) is 4.79 Å². The fourth-order valence-corrected chi connectivity index (χ4v) is 2.41. The van der Waals surface area contributed by atoms with Crippen molar-refractivity contribution in [3.8, 4) is 5.75 Å². The van der Waals surface area contributed by atoms with Crippen LogP contribution >= 0.6 is 12.4 Å². The second-order valence-corrected chi connectivity index (χ2v) is 5.59. The van der Waals surface area contributed by atoms with Crippen LogP contribution in [0.25, 0.3) is 0 Å². The minimum Gasteiger partial charge on any atom is -0.494 e. The molecule has 0 spiro atoms. The Morgan fingerprint density at radius 3 is 2.67 bits per heavy atom. The van der Waals surface area contributed by atoms with E-state index in [0.717, 1.165) is 12.8 Å². The number of hydrogen-bond acceptors (Lipinski definition) is 3. The highest BCUT2D eigenvalue weighted by Crippen LogP contribution is 2.39. The predicted octanol–water partition coefficient (Wildman–Crippen LogP) is 2.04. The van der Waals surface area contributed by atoms with Crippen molar-refractivity contribution in [2.75, 3.05) is 13.7 Å². The number of hydrogen-bond donors (Lipinski definition) is 2. The zero-order valence-electron chi connectivity index (χ0n) is 12.3. The van der Waals surface area contributed by atoms with Gasteiger partial charge in [0.1, 0.15) is 0 Å². The van der Waals surface area contributed by atoms with Crippen molar-refractivity contribution < 1.29 is 13.9 Å². The van der Waals surface area contributed by atoms with Gasteiger partial charge in [0.15, 0.2) is 11.6 Å². The topological polar surface area (TPSA) is 64.3 Å². The van der Waals surface area contributed by atoms with E-state index in [0.29, 0.717) is 18.0 Å². The van der Waals surface area contributed by atoms with Crippen molar-refractivity contribution in [3.63, 3.8) is 0 Å². The summed E-state index contributed by atoms with van der Waals surface area (Å²) in [5, 5.41) is 2.98. The minimum absolute atomic E-state index is 0. The fourth-order valence-electron chi connectivity index (χ4n) is 2.41. The molecule has 4 nitrogen and oxygen atoms in total. The van der Waals surface area contributed by atoms with E-state index in [9.17, 15) is 9.18 Å². The molecule has 21 heavy (non-hydrogen) atoms. The Kier molecular flexibility index (Phi) is 5.98. The molecule has 0 radical (unpaired) electrons. The third-order valence-corrected chi connectivity index (χ3v) is 3.91. The zero-order valence-corrected chi connectivity index (χ0v) is 13.1. The summed E-state index contributed by atoms with van der Waals surface area (Å²) in [5.74, 6) is 0.0546. The van der Waals surface area contributed by atoms with Crippen LogP contribution in [0, 0.1) is 11.7 Å². The quantitative estimate of drug-likeness (QED) is 0.844. The zero-order chi connectivity index (χ0) is 14.8. The highest BCUT2D eigenvalue weighted by atomic mass is 35.5. The van der Waals surface area contributed by atoms with E-state index >= 15 is 0 Å². The van der Waals surface area contributed by atoms with Gasteiger partial charge in [0.2, 0.25) is 5.91 Å². The van der Waals surface area contributed by atoms with Crippen molar-refractivity contribution in [1.82, 2.24) is 5.32 Å². The summed E-state index contributed by atoms with van der Waals surface area (Å²) in [7, 11) is 1.41. The van der Waals surface area contributed by atoms with Gasteiger partial charge >= 0.3 is 0 Å². The highest BCUT2D eigenvalue weighted by Gasteiger charge is 2.41. The molecule has 0 heterocycles. The number of carbonyl (C=O) groups excluding carboxylic acids is 1. The highest BCUT2D eigenvalue weighted by molar-refractivity contribution is 5.85. The standard InChI is InChI=1S/C15H21FN2O2.ClH/c1-15(9-17,11-4-5-11)18-14(19)8-10-3-6-13(20-2)12(16)7-10;/h3,6-7,11H,4-5,8-9,17H2,1-2H3,(H,18,19);1H. The number of halogens is 2. The van der Waals surface area contributed by atoms with Gasteiger partial charge in [-0.1, -0.05) is 6.07 Å². The lowest BCUT2D eigenvalue weighted by atomic mass is 9.95. The Morgan fingerprint density at radius 2 is 2.19 bits per heavy atom. The van der Waals surface area contributed by atoms with E-state index in [4.69, 9.17) is 10.5 Å². The molecule has 1 fully saturated rings. The van der Waals surface area contributed by atoms with Crippen LogP contribution in [0.1, 0.15) is 25.3 Å². The molecule has 1 aromatic rings. The monoisotopic (exact) mass is 316 g/mol. The van der Waals surface area contributed by atoms with Crippen molar-refractivity contribution in [1.29, 1.82) is 0 Å². The first-order chi connectivity index (χ1) is 9.48. The Morgan fingerprint density at radius 1 is 1.52 bits per heavy atom. The summed E-state index contributed by atoms with van der Waals surface area (Å²) in [6, 6.07) is 4.55. The van der Waals surface area contributed by atoms with Crippen molar-refractivity contribution in [3.05, 3.63) is 29.6 Å². The van der Waals surface area contributed by atoms with Crippen LogP contribution in [0.2, 0.25) is 0 Å². The molecule has 6 heteroatoms. The van der Waals surface area contributed by atoms with Gasteiger partial charge in [-0.2, -0.15) is 0 Å². The minimum atomic E-state index is -0.457. The van der Waals surface area contributed by atoms with E-state index in [1.54, 1.807) is 6.07 Å². The average Bonchev–Trinajstić information content (AvgIpc) is 3.23. The maximum absolute atomic E-state index is 13.6. The summed E-state index contributed by atoms with van der Waals surface area (Å²) in [5.41, 5.74) is 6.04. The van der Waals surface area contributed by atoms with Crippen LogP contribution in [0.3, 0.4) is 0 Å². The number of ether oxygens (including phenoxy) is 1. The van der Waals surface area contributed by atoms with Gasteiger partial charge in [0.25, 0.3) is 0 Å². The second kappa shape index (κ2) is 7.09. The third-order valence-electron chi connectivity index (χ3n) is 3.91. The van der Waals surface area contributed by atoms with Gasteiger partial charge in [0.05, 0.1) is 19.1 Å². The predicted molar refractivity (Wildman–Crippen MR) is 82.2 cm³/mol. The number of methoxy groups -OCH3 is 1. The lowest BCUT2D eigenvalue weighted by molar-refractivity contribution is -0.122. The van der Waals surface area contributed by atoms with Gasteiger partial charge in [-0.05, 0) is 43.4 Å². The first kappa shape index (κ1) is 17.7. The Balaban J connectivity index is 0.00000220. The Bertz CT molecular complexity index is 508. The van der Waals surface area contributed by atoms with E-state index in [-0.39, 0.29) is 36.0 Å². The molecule has 118 valence electrons. The van der Waals surface area contributed by atoms with Crippen LogP contribution in [0.15, 0.2) is 18.2 Å². The lowest BCUT2D eigenvalue weighted by Crippen LogP contribution is -2.53. The van der Waals surface area contributed by atoms with Crippen molar-refractivity contribution in [2.24, 2.45) is 11.7 Å². The summed E-state index contributed by atoms with van der Waals surface area (Å²) in [6.45, 7) is 2.39. The number of rotatable bonds is 6. The van der Waals surface area contributed by atoms with Gasteiger partial charge < -0.3 is 15.8 Å². The summed E-state index contributed by atoms with van der Waals surface area (Å²) in [6.07, 6.45) is 2.35. The van der Waals surface area contributed by atoms with Crippen molar-refractivity contribution in [2.45, 2.75) is 31.7 Å². The van der Waals surface area contributed by atoms with E-state index in [2.05, 4.69) is 5.32 Å². The molecule has 1 atom stereocenters. The smallest absolute Gasteiger partial charge is 0.224 e. The van der Waals surface area contributed by atoms with E-state index < -0.39 is 5.82 Å². The fraction of sp³-hybridized carbons (Fsp3) is 0.533. The summed E-state index contributed by atoms with van der Waals surface area (Å²) < 4.78 is 18.4. The van der Waals surface area contributed by atoms with Crippen LogP contribution in [-0.2, 0) is 11.2 Å². The normalized spacial score (nSPS) is 16.6. The van der Waals surface area contributed by atoms with Crippen LogP contribution in [-0.4, -0.2) is 25.1 Å². The first-order valence-electron chi connectivity index (χ1n) is 6.82. The molecule has 1 aliphatic rings. The van der Waals surface area contributed by atoms with Gasteiger partial charge in [0, 0.05) is 6.54 Å². The maximum atomic E-state index is 13.6. The number of benzene rings is 1. The summed E-state index contributed by atoms with van der Waals surface area (Å²) in [4.78, 5) is 12.1. The Labute approximate surface area is 130 Å². The molecule has 0 saturated heterocycles. The van der Waals surface area contributed by atoms with E-state index in [1.165, 1.54) is 19.2 Å². The first-order valence-corrected chi connectivity index (χ1v) is 6.82. The molecular formula is C15H22ClFN2O2. The molecule has 0 aromatic heterocycles. The SMILES string of the molecule is COc1ccc(CC(=O)NC(C)(CN)C2CC2)cc1F.Cl. The molecule has 1 aromatic carbocycles. The van der Waals surface area contributed by atoms with Crippen molar-refractivity contribution >= 4 is 18.3 Å². The number of nitrogens with two attached hydrogens (primary N) is 1. The Hall–Kier alpha value is -1.33. The average molecular weight is 317 g/mol. The second-order valence-electron chi connectivity index (χ2n) is 5.59. The largest absolute Gasteiger partial charge is 0.494 e. The molecule has 1 unspecified atom stereocenters. The molecule has 3 N–H and O–H groups in total. The van der Waals surface area contributed by atoms with Crippen LogP contribution in [0.5, 0.6) is 5.75 Å². The molecule has 1 saturated carbocycles. The van der Waals surface area contributed by atoms with Crippen LogP contribution in [0.4, 0.5) is 4.39 Å². The van der Waals surface area contributed by atoms with Gasteiger partial charge in [-0.25, -0.2) is 4.39 Å². The molecular weight excluding hydrogens is 295 g/mol. The molecule has 0 bridgehead atoms. The van der Waals surface area contributed by atoms with Gasteiger partial charge in [-0.15, -0.1) is 12.4 Å². The molecule has 2 rings (SSSR count).